The number of rotatable bonds is 13. The Balaban J connectivity index is 0.00000504. The maximum Gasteiger partial charge on any atom is 0.246 e. The third-order valence-corrected chi connectivity index (χ3v) is 8.65. The van der Waals surface area contributed by atoms with Gasteiger partial charge >= 0.3 is 0 Å². The maximum absolute atomic E-state index is 13.1. The number of pyridine rings is 1. The summed E-state index contributed by atoms with van der Waals surface area (Å²) in [6.07, 6.45) is 5.98. The molecule has 1 fully saturated rings. The lowest BCUT2D eigenvalue weighted by Crippen LogP contribution is -2.47. The third-order valence-electron chi connectivity index (χ3n) is 8.65. The van der Waals surface area contributed by atoms with Gasteiger partial charge in [0, 0.05) is 51.3 Å². The number of piperazine rings is 1. The number of hydrogen-bond donors (Lipinski definition) is 0. The summed E-state index contributed by atoms with van der Waals surface area (Å²) in [6, 6.07) is 32.3. The standard InChI is InChI=1S/C42H42FN3O4.ClH/c1-31-4-3-5-35(26-31)30-49-40-17-18-41(44-28-40)50-39-14-10-36(32(2)27-39)11-19-42(47)46-23-21-45(22-24-46)29-34-8-6-33(7-9-34)20-25-48-38-15-12-37(43)13-16-38;/h3-19,26-28H,20-25,29-30H2,1-2H3;1H. The minimum Gasteiger partial charge on any atom is -0.493 e. The van der Waals surface area contributed by atoms with Gasteiger partial charge in [0.1, 0.15) is 29.7 Å². The highest BCUT2D eigenvalue weighted by molar-refractivity contribution is 5.92. The zero-order valence-corrected chi connectivity index (χ0v) is 29.8. The van der Waals surface area contributed by atoms with Crippen molar-refractivity contribution in [2.45, 2.75) is 33.4 Å². The summed E-state index contributed by atoms with van der Waals surface area (Å²) in [4.78, 5) is 21.7. The average Bonchev–Trinajstić information content (AvgIpc) is 3.13. The number of amides is 1. The summed E-state index contributed by atoms with van der Waals surface area (Å²) < 4.78 is 30.6. The van der Waals surface area contributed by atoms with Gasteiger partial charge in [-0.25, -0.2) is 9.37 Å². The molecule has 0 spiro atoms. The lowest BCUT2D eigenvalue weighted by molar-refractivity contribution is -0.127. The lowest BCUT2D eigenvalue weighted by atomic mass is 10.1. The zero-order chi connectivity index (χ0) is 34.7. The Kier molecular flexibility index (Phi) is 13.2. The normalized spacial score (nSPS) is 13.1. The first-order valence-electron chi connectivity index (χ1n) is 16.9. The van der Waals surface area contributed by atoms with Crippen LogP contribution in [0.15, 0.2) is 115 Å². The molecule has 5 aromatic rings. The third kappa shape index (κ3) is 11.2. The molecule has 7 nitrogen and oxygen atoms in total. The minimum atomic E-state index is -0.268. The molecule has 0 radical (unpaired) electrons. The van der Waals surface area contributed by atoms with E-state index in [4.69, 9.17) is 14.2 Å². The van der Waals surface area contributed by atoms with E-state index in [-0.39, 0.29) is 24.1 Å². The Hall–Kier alpha value is -5.18. The number of aromatic nitrogens is 1. The van der Waals surface area contributed by atoms with Gasteiger partial charge in [-0.3, -0.25) is 9.69 Å². The van der Waals surface area contributed by atoms with Crippen molar-refractivity contribution < 1.29 is 23.4 Å². The highest BCUT2D eigenvalue weighted by atomic mass is 35.5. The van der Waals surface area contributed by atoms with Gasteiger partial charge < -0.3 is 19.1 Å². The van der Waals surface area contributed by atoms with Crippen molar-refractivity contribution in [1.29, 1.82) is 0 Å². The van der Waals surface area contributed by atoms with Crippen LogP contribution < -0.4 is 14.2 Å². The number of benzene rings is 4. The number of hydrogen-bond acceptors (Lipinski definition) is 6. The van der Waals surface area contributed by atoms with Gasteiger partial charge in [0.15, 0.2) is 0 Å². The fourth-order valence-electron chi connectivity index (χ4n) is 5.78. The van der Waals surface area contributed by atoms with Gasteiger partial charge in [-0.1, -0.05) is 60.2 Å². The zero-order valence-electron chi connectivity index (χ0n) is 29.0. The molecule has 1 amide bonds. The first-order chi connectivity index (χ1) is 24.4. The molecule has 1 aliphatic rings. The summed E-state index contributed by atoms with van der Waals surface area (Å²) in [7, 11) is 0. The fourth-order valence-corrected chi connectivity index (χ4v) is 5.78. The van der Waals surface area contributed by atoms with Crippen molar-refractivity contribution in [2.75, 3.05) is 32.8 Å². The number of carbonyl (C=O) groups excluding carboxylic acids is 1. The van der Waals surface area contributed by atoms with E-state index in [0.717, 1.165) is 42.7 Å². The molecule has 9 heteroatoms. The number of ether oxygens (including phenoxy) is 3. The Morgan fingerprint density at radius 3 is 2.22 bits per heavy atom. The molecular formula is C42H43ClFN3O4. The van der Waals surface area contributed by atoms with E-state index in [2.05, 4.69) is 53.2 Å². The predicted molar refractivity (Wildman–Crippen MR) is 201 cm³/mol. The topological polar surface area (TPSA) is 64.1 Å². The first-order valence-corrected chi connectivity index (χ1v) is 16.9. The predicted octanol–water partition coefficient (Wildman–Crippen LogP) is 8.61. The smallest absolute Gasteiger partial charge is 0.246 e. The molecule has 1 saturated heterocycles. The molecule has 51 heavy (non-hydrogen) atoms. The number of carbonyl (C=O) groups is 1. The van der Waals surface area contributed by atoms with Crippen LogP contribution in [-0.4, -0.2) is 53.5 Å². The second-order valence-electron chi connectivity index (χ2n) is 12.5. The molecule has 4 aromatic carbocycles. The van der Waals surface area contributed by atoms with Crippen LogP contribution in [0.1, 0.15) is 33.4 Å². The fraction of sp³-hybridized carbons (Fsp3) is 0.238. The highest BCUT2D eigenvalue weighted by Gasteiger charge is 2.19. The van der Waals surface area contributed by atoms with Gasteiger partial charge in [-0.2, -0.15) is 0 Å². The summed E-state index contributed by atoms with van der Waals surface area (Å²) in [5.74, 6) is 2.25. The highest BCUT2D eigenvalue weighted by Crippen LogP contribution is 2.25. The van der Waals surface area contributed by atoms with E-state index in [0.29, 0.717) is 49.4 Å². The van der Waals surface area contributed by atoms with Crippen LogP contribution >= 0.6 is 12.4 Å². The van der Waals surface area contributed by atoms with E-state index in [9.17, 15) is 9.18 Å². The Morgan fingerprint density at radius 1 is 0.784 bits per heavy atom. The van der Waals surface area contributed by atoms with Crippen molar-refractivity contribution in [3.05, 3.63) is 155 Å². The SMILES string of the molecule is Cc1cccc(COc2ccc(Oc3ccc(C=CC(=O)N4CCN(Cc5ccc(CCOc6ccc(F)cc6)cc5)CC4)c(C)c3)nc2)c1.Cl. The Labute approximate surface area is 305 Å². The van der Waals surface area contributed by atoms with Gasteiger partial charge in [0.25, 0.3) is 0 Å². The van der Waals surface area contributed by atoms with Gasteiger partial charge in [0.2, 0.25) is 11.8 Å². The molecule has 0 N–H and O–H groups in total. The quantitative estimate of drug-likeness (QED) is 0.114. The van der Waals surface area contributed by atoms with E-state index in [1.165, 1.54) is 28.8 Å². The number of nitrogens with zero attached hydrogens (tertiary/aromatic N) is 3. The van der Waals surface area contributed by atoms with Gasteiger partial charge in [-0.05, 0) is 90.2 Å². The maximum atomic E-state index is 13.1. The van der Waals surface area contributed by atoms with Crippen molar-refractivity contribution >= 4 is 24.4 Å². The van der Waals surface area contributed by atoms with E-state index in [1.54, 1.807) is 30.5 Å². The molecule has 2 heterocycles. The average molecular weight is 708 g/mol. The van der Waals surface area contributed by atoms with Crippen LogP contribution in [0.2, 0.25) is 0 Å². The Bertz CT molecular complexity index is 1890. The molecule has 0 bridgehead atoms. The molecule has 1 aliphatic heterocycles. The largest absolute Gasteiger partial charge is 0.493 e. The van der Waals surface area contributed by atoms with Crippen molar-refractivity contribution in [1.82, 2.24) is 14.8 Å². The van der Waals surface area contributed by atoms with Crippen molar-refractivity contribution in [2.24, 2.45) is 0 Å². The van der Waals surface area contributed by atoms with Crippen LogP contribution in [-0.2, 0) is 24.4 Å². The van der Waals surface area contributed by atoms with Crippen LogP contribution in [0.5, 0.6) is 23.1 Å². The van der Waals surface area contributed by atoms with Crippen LogP contribution in [0.25, 0.3) is 6.08 Å². The van der Waals surface area contributed by atoms with E-state index < -0.39 is 0 Å². The summed E-state index contributed by atoms with van der Waals surface area (Å²) in [5, 5.41) is 0. The molecule has 264 valence electrons. The molecule has 0 unspecified atom stereocenters. The van der Waals surface area contributed by atoms with E-state index >= 15 is 0 Å². The monoisotopic (exact) mass is 707 g/mol. The second kappa shape index (κ2) is 18.2. The number of aryl methyl sites for hydroxylation is 2. The van der Waals surface area contributed by atoms with E-state index in [1.807, 2.05) is 54.3 Å². The summed E-state index contributed by atoms with van der Waals surface area (Å²) in [6.45, 7) is 8.96. The second-order valence-corrected chi connectivity index (χ2v) is 12.5. The molecule has 6 rings (SSSR count). The van der Waals surface area contributed by atoms with Crippen LogP contribution in [0.3, 0.4) is 0 Å². The molecule has 0 atom stereocenters. The number of halogens is 2. The van der Waals surface area contributed by atoms with Crippen LogP contribution in [0.4, 0.5) is 4.39 Å². The Morgan fingerprint density at radius 2 is 1.51 bits per heavy atom. The first kappa shape index (κ1) is 37.1. The molecular weight excluding hydrogens is 665 g/mol. The van der Waals surface area contributed by atoms with Crippen molar-refractivity contribution in [3.8, 4) is 23.1 Å². The summed E-state index contributed by atoms with van der Waals surface area (Å²) in [5.41, 5.74) is 6.71. The molecule has 0 aliphatic carbocycles. The minimum absolute atomic E-state index is 0. The summed E-state index contributed by atoms with van der Waals surface area (Å²) >= 11 is 0. The lowest BCUT2D eigenvalue weighted by Gasteiger charge is -2.34. The van der Waals surface area contributed by atoms with Gasteiger partial charge in [0.05, 0.1) is 12.8 Å². The van der Waals surface area contributed by atoms with Gasteiger partial charge in [-0.15, -0.1) is 12.4 Å². The molecule has 1 aromatic heterocycles. The van der Waals surface area contributed by atoms with Crippen LogP contribution in [0, 0.1) is 19.7 Å². The van der Waals surface area contributed by atoms with Crippen molar-refractivity contribution in [3.63, 3.8) is 0 Å². The molecule has 0 saturated carbocycles.